The van der Waals surface area contributed by atoms with Gasteiger partial charge in [0.1, 0.15) is 5.15 Å². The molecule has 1 nitrogen and oxygen atoms in total. The molecule has 3 heteroatoms. The lowest BCUT2D eigenvalue weighted by Crippen LogP contribution is -1.88. The van der Waals surface area contributed by atoms with E-state index in [1.54, 1.807) is 0 Å². The molecule has 1 heterocycles. The second-order valence-electron chi connectivity index (χ2n) is 3.10. The molecule has 72 valence electrons. The zero-order valence-corrected chi connectivity index (χ0v) is 9.23. The van der Waals surface area contributed by atoms with E-state index in [2.05, 4.69) is 18.0 Å². The van der Waals surface area contributed by atoms with Gasteiger partial charge in [-0.2, -0.15) is 0 Å². The fourth-order valence-electron chi connectivity index (χ4n) is 1.50. The highest BCUT2D eigenvalue weighted by Gasteiger charge is 2.05. The summed E-state index contributed by atoms with van der Waals surface area (Å²) in [6, 6.07) is 7.90. The van der Waals surface area contributed by atoms with Gasteiger partial charge in [-0.3, -0.25) is 0 Å². The van der Waals surface area contributed by atoms with Crippen LogP contribution in [0.4, 0.5) is 0 Å². The molecule has 2 rings (SSSR count). The Balaban J connectivity index is 2.81. The molecule has 0 N–H and O–H groups in total. The quantitative estimate of drug-likeness (QED) is 0.667. The molecule has 0 saturated heterocycles. The molecular formula is C11H9Cl2N. The highest BCUT2D eigenvalue weighted by Crippen LogP contribution is 2.26. The molecule has 0 aliphatic heterocycles. The number of nitrogens with zero attached hydrogens (tertiary/aromatic N) is 1. The van der Waals surface area contributed by atoms with Crippen LogP contribution in [-0.2, 0) is 6.42 Å². The SMILES string of the molecule is CCc1cccc2cc(Cl)c(Cl)nc12. The number of para-hydroxylation sites is 1. The van der Waals surface area contributed by atoms with Gasteiger partial charge in [0.15, 0.2) is 0 Å². The largest absolute Gasteiger partial charge is 0.234 e. The van der Waals surface area contributed by atoms with Crippen LogP contribution in [0.5, 0.6) is 0 Å². The first-order chi connectivity index (χ1) is 6.72. The van der Waals surface area contributed by atoms with Crippen molar-refractivity contribution in [2.75, 3.05) is 0 Å². The number of benzene rings is 1. The van der Waals surface area contributed by atoms with Crippen molar-refractivity contribution in [3.05, 3.63) is 40.0 Å². The molecule has 0 saturated carbocycles. The highest BCUT2D eigenvalue weighted by molar-refractivity contribution is 6.41. The molecule has 0 amide bonds. The Morgan fingerprint density at radius 3 is 2.79 bits per heavy atom. The summed E-state index contributed by atoms with van der Waals surface area (Å²) in [6.07, 6.45) is 0.947. The van der Waals surface area contributed by atoms with Crippen LogP contribution in [0.15, 0.2) is 24.3 Å². The molecule has 0 bridgehead atoms. The third-order valence-corrected chi connectivity index (χ3v) is 2.89. The average Bonchev–Trinajstić information content (AvgIpc) is 2.19. The van der Waals surface area contributed by atoms with Crippen molar-refractivity contribution in [3.63, 3.8) is 0 Å². The summed E-state index contributed by atoms with van der Waals surface area (Å²) in [5.41, 5.74) is 2.14. The van der Waals surface area contributed by atoms with Gasteiger partial charge in [-0.1, -0.05) is 48.3 Å². The van der Waals surface area contributed by atoms with Gasteiger partial charge in [-0.15, -0.1) is 0 Å². The van der Waals surface area contributed by atoms with E-state index in [0.29, 0.717) is 10.2 Å². The first-order valence-corrected chi connectivity index (χ1v) is 5.21. The molecule has 0 fully saturated rings. The summed E-state index contributed by atoms with van der Waals surface area (Å²) in [4.78, 5) is 4.28. The number of hydrogen-bond donors (Lipinski definition) is 0. The third-order valence-electron chi connectivity index (χ3n) is 2.22. The molecule has 0 aliphatic carbocycles. The van der Waals surface area contributed by atoms with Crippen molar-refractivity contribution < 1.29 is 0 Å². The standard InChI is InChI=1S/C11H9Cl2N/c1-2-7-4-3-5-8-6-9(12)11(13)14-10(7)8/h3-6H,2H2,1H3. The first kappa shape index (κ1) is 9.75. The molecule has 1 aromatic heterocycles. The Morgan fingerprint density at radius 1 is 1.29 bits per heavy atom. The highest BCUT2D eigenvalue weighted by atomic mass is 35.5. The van der Waals surface area contributed by atoms with Crippen molar-refractivity contribution in [1.29, 1.82) is 0 Å². The lowest BCUT2D eigenvalue weighted by Gasteiger charge is -2.04. The number of aryl methyl sites for hydroxylation is 1. The fraction of sp³-hybridized carbons (Fsp3) is 0.182. The van der Waals surface area contributed by atoms with E-state index in [1.165, 1.54) is 5.56 Å². The zero-order valence-electron chi connectivity index (χ0n) is 7.72. The van der Waals surface area contributed by atoms with Crippen LogP contribution in [-0.4, -0.2) is 4.98 Å². The minimum Gasteiger partial charge on any atom is -0.234 e. The molecule has 0 spiro atoms. The molecule has 2 aromatic rings. The molecule has 0 radical (unpaired) electrons. The van der Waals surface area contributed by atoms with E-state index in [0.717, 1.165) is 17.3 Å². The van der Waals surface area contributed by atoms with E-state index >= 15 is 0 Å². The number of rotatable bonds is 1. The number of pyridine rings is 1. The Kier molecular flexibility index (Phi) is 2.62. The summed E-state index contributed by atoms with van der Waals surface area (Å²) in [7, 11) is 0. The van der Waals surface area contributed by atoms with E-state index in [9.17, 15) is 0 Å². The zero-order chi connectivity index (χ0) is 10.1. The lowest BCUT2D eigenvalue weighted by atomic mass is 10.1. The number of hydrogen-bond acceptors (Lipinski definition) is 1. The van der Waals surface area contributed by atoms with Crippen LogP contribution in [0.25, 0.3) is 10.9 Å². The second kappa shape index (κ2) is 3.76. The van der Waals surface area contributed by atoms with Crippen LogP contribution in [0.2, 0.25) is 10.2 Å². The molecular weight excluding hydrogens is 217 g/mol. The van der Waals surface area contributed by atoms with E-state index in [4.69, 9.17) is 23.2 Å². The fourth-order valence-corrected chi connectivity index (χ4v) is 1.80. The van der Waals surface area contributed by atoms with Gasteiger partial charge in [0, 0.05) is 5.39 Å². The average molecular weight is 226 g/mol. The van der Waals surface area contributed by atoms with Gasteiger partial charge in [0.05, 0.1) is 10.5 Å². The maximum absolute atomic E-state index is 5.89. The maximum Gasteiger partial charge on any atom is 0.148 e. The predicted molar refractivity (Wildman–Crippen MR) is 61.1 cm³/mol. The summed E-state index contributed by atoms with van der Waals surface area (Å²) < 4.78 is 0. The van der Waals surface area contributed by atoms with Crippen molar-refractivity contribution in [2.24, 2.45) is 0 Å². The first-order valence-electron chi connectivity index (χ1n) is 4.46. The maximum atomic E-state index is 5.89. The molecule has 1 aromatic carbocycles. The summed E-state index contributed by atoms with van der Waals surface area (Å²) in [6.45, 7) is 2.10. The van der Waals surface area contributed by atoms with Crippen molar-refractivity contribution in [1.82, 2.24) is 4.98 Å². The lowest BCUT2D eigenvalue weighted by molar-refractivity contribution is 1.14. The van der Waals surface area contributed by atoms with E-state index in [1.807, 2.05) is 18.2 Å². The van der Waals surface area contributed by atoms with Crippen LogP contribution >= 0.6 is 23.2 Å². The Hall–Kier alpha value is -0.790. The Bertz CT molecular complexity index is 480. The molecule has 0 aliphatic rings. The molecule has 14 heavy (non-hydrogen) atoms. The monoisotopic (exact) mass is 225 g/mol. The van der Waals surface area contributed by atoms with Crippen molar-refractivity contribution >= 4 is 34.1 Å². The van der Waals surface area contributed by atoms with Gasteiger partial charge < -0.3 is 0 Å². The Labute approximate surface area is 92.7 Å². The van der Waals surface area contributed by atoms with E-state index < -0.39 is 0 Å². The van der Waals surface area contributed by atoms with Gasteiger partial charge in [0.2, 0.25) is 0 Å². The van der Waals surface area contributed by atoms with Gasteiger partial charge in [-0.05, 0) is 18.1 Å². The summed E-state index contributed by atoms with van der Waals surface area (Å²) >= 11 is 11.8. The Morgan fingerprint density at radius 2 is 2.07 bits per heavy atom. The minimum atomic E-state index is 0.375. The van der Waals surface area contributed by atoms with Crippen molar-refractivity contribution in [2.45, 2.75) is 13.3 Å². The van der Waals surface area contributed by atoms with E-state index in [-0.39, 0.29) is 0 Å². The van der Waals surface area contributed by atoms with Crippen LogP contribution in [0.3, 0.4) is 0 Å². The van der Waals surface area contributed by atoms with Gasteiger partial charge in [-0.25, -0.2) is 4.98 Å². The summed E-state index contributed by atoms with van der Waals surface area (Å²) in [5.74, 6) is 0. The predicted octanol–water partition coefficient (Wildman–Crippen LogP) is 4.10. The number of halogens is 2. The summed E-state index contributed by atoms with van der Waals surface area (Å²) in [5, 5.41) is 1.92. The smallest absolute Gasteiger partial charge is 0.148 e. The molecule has 0 atom stereocenters. The number of fused-ring (bicyclic) bond motifs is 1. The number of aromatic nitrogens is 1. The van der Waals surface area contributed by atoms with Crippen LogP contribution in [0.1, 0.15) is 12.5 Å². The molecule has 0 unspecified atom stereocenters. The third kappa shape index (κ3) is 1.58. The minimum absolute atomic E-state index is 0.375. The normalized spacial score (nSPS) is 10.8. The van der Waals surface area contributed by atoms with Crippen LogP contribution < -0.4 is 0 Å². The van der Waals surface area contributed by atoms with Crippen molar-refractivity contribution in [3.8, 4) is 0 Å². The topological polar surface area (TPSA) is 12.9 Å². The van der Waals surface area contributed by atoms with Gasteiger partial charge in [0.25, 0.3) is 0 Å². The second-order valence-corrected chi connectivity index (χ2v) is 3.87. The van der Waals surface area contributed by atoms with Gasteiger partial charge >= 0.3 is 0 Å². The van der Waals surface area contributed by atoms with Crippen LogP contribution in [0, 0.1) is 0 Å².